The molecule has 3 heterocycles. The Kier molecular flexibility index (Phi) is 5.51. The van der Waals surface area contributed by atoms with E-state index in [2.05, 4.69) is 73.7 Å². The molecule has 5 rings (SSSR count). The number of nitrogens with zero attached hydrogens (tertiary/aromatic N) is 2. The molecule has 3 aromatic rings. The quantitative estimate of drug-likeness (QED) is 0.550. The van der Waals surface area contributed by atoms with Crippen LogP contribution in [0.15, 0.2) is 36.4 Å². The van der Waals surface area contributed by atoms with Crippen molar-refractivity contribution >= 4 is 22.6 Å². The molecule has 172 valence electrons. The van der Waals surface area contributed by atoms with E-state index in [4.69, 9.17) is 9.84 Å². The molecule has 5 nitrogen and oxygen atoms in total. The van der Waals surface area contributed by atoms with Crippen LogP contribution in [0.4, 0.5) is 5.69 Å². The molecule has 2 aliphatic heterocycles. The van der Waals surface area contributed by atoms with Crippen LogP contribution >= 0.6 is 0 Å². The fraction of sp³-hybridized carbons (Fsp3) is 0.429. The van der Waals surface area contributed by atoms with Gasteiger partial charge in [0.25, 0.3) is 0 Å². The lowest BCUT2D eigenvalue weighted by Crippen LogP contribution is -2.43. The first kappa shape index (κ1) is 21.7. The Labute approximate surface area is 195 Å². The summed E-state index contributed by atoms with van der Waals surface area (Å²) in [4.78, 5) is 13.6. The summed E-state index contributed by atoms with van der Waals surface area (Å²) in [7, 11) is 2.15. The monoisotopic (exact) mass is 445 g/mol. The lowest BCUT2D eigenvalue weighted by Gasteiger charge is -2.42. The number of hydrogen-bond donors (Lipinski definition) is 1. The third-order valence-corrected chi connectivity index (χ3v) is 7.31. The van der Waals surface area contributed by atoms with Crippen molar-refractivity contribution in [2.24, 2.45) is 13.0 Å². The maximum absolute atomic E-state index is 11.1. The van der Waals surface area contributed by atoms with Crippen LogP contribution in [0.2, 0.25) is 0 Å². The van der Waals surface area contributed by atoms with Crippen molar-refractivity contribution in [1.29, 1.82) is 0 Å². The van der Waals surface area contributed by atoms with Crippen molar-refractivity contribution in [2.45, 2.75) is 59.1 Å². The van der Waals surface area contributed by atoms with Gasteiger partial charge in [-0.3, -0.25) is 4.79 Å². The number of carboxylic acids is 1. The van der Waals surface area contributed by atoms with Crippen molar-refractivity contribution in [1.82, 2.24) is 0 Å². The Balaban J connectivity index is 1.60. The molecule has 2 aliphatic rings. The van der Waals surface area contributed by atoms with Crippen molar-refractivity contribution in [3.8, 4) is 17.0 Å². The average Bonchev–Trinajstić information content (AvgIpc) is 2.77. The first-order valence-corrected chi connectivity index (χ1v) is 12.0. The maximum Gasteiger partial charge on any atom is 0.303 e. The molecule has 5 heteroatoms. The topological polar surface area (TPSA) is 53.7 Å². The van der Waals surface area contributed by atoms with Crippen LogP contribution in [-0.2, 0) is 24.9 Å². The third-order valence-electron chi connectivity index (χ3n) is 7.31. The summed E-state index contributed by atoms with van der Waals surface area (Å²) < 4.78 is 8.61. The lowest BCUT2D eigenvalue weighted by molar-refractivity contribution is -0.634. The van der Waals surface area contributed by atoms with Crippen LogP contribution in [0.5, 0.6) is 5.75 Å². The SMILES string of the molecule is Cc1ccc2c(c1)cc1c([n+]2C)-c2cc3c(cc2OC1)N(CCCC(=O)O)C(C(C)C)CC3. The second kappa shape index (κ2) is 8.36. The highest BCUT2D eigenvalue weighted by molar-refractivity contribution is 5.83. The minimum atomic E-state index is -0.728. The number of aromatic nitrogens is 1. The highest BCUT2D eigenvalue weighted by Gasteiger charge is 2.33. The van der Waals surface area contributed by atoms with E-state index in [1.54, 1.807) is 0 Å². The number of anilines is 1. The Morgan fingerprint density at radius 3 is 2.79 bits per heavy atom. The summed E-state index contributed by atoms with van der Waals surface area (Å²) in [5, 5.41) is 10.4. The Bertz CT molecular complexity index is 1250. The van der Waals surface area contributed by atoms with Crippen LogP contribution in [0, 0.1) is 12.8 Å². The summed E-state index contributed by atoms with van der Waals surface area (Å²) >= 11 is 0. The molecule has 0 saturated carbocycles. The zero-order valence-corrected chi connectivity index (χ0v) is 20.0. The molecule has 0 aliphatic carbocycles. The highest BCUT2D eigenvalue weighted by Crippen LogP contribution is 2.44. The van der Waals surface area contributed by atoms with Gasteiger partial charge in [-0.15, -0.1) is 0 Å². The predicted octanol–water partition coefficient (Wildman–Crippen LogP) is 5.17. The number of fused-ring (bicyclic) bond motifs is 5. The number of rotatable bonds is 5. The average molecular weight is 446 g/mol. The molecule has 0 fully saturated rings. The molecule has 2 aromatic carbocycles. The number of pyridine rings is 1. The zero-order chi connectivity index (χ0) is 23.3. The van der Waals surface area contributed by atoms with Gasteiger partial charge < -0.3 is 14.7 Å². The van der Waals surface area contributed by atoms with E-state index >= 15 is 0 Å². The molecule has 1 aromatic heterocycles. The highest BCUT2D eigenvalue weighted by atomic mass is 16.5. The van der Waals surface area contributed by atoms with E-state index in [-0.39, 0.29) is 6.42 Å². The van der Waals surface area contributed by atoms with E-state index in [0.29, 0.717) is 25.0 Å². The molecule has 0 bridgehead atoms. The van der Waals surface area contributed by atoms with Gasteiger partial charge in [0.05, 0.1) is 11.1 Å². The molecule has 1 atom stereocenters. The number of hydrogen-bond acceptors (Lipinski definition) is 3. The van der Waals surface area contributed by atoms with Gasteiger partial charge in [-0.1, -0.05) is 25.5 Å². The summed E-state index contributed by atoms with van der Waals surface area (Å²) in [6.07, 6.45) is 2.98. The van der Waals surface area contributed by atoms with Crippen LogP contribution in [-0.4, -0.2) is 23.7 Å². The summed E-state index contributed by atoms with van der Waals surface area (Å²) in [6.45, 7) is 7.97. The van der Waals surface area contributed by atoms with E-state index in [0.717, 1.165) is 30.7 Å². The van der Waals surface area contributed by atoms with Gasteiger partial charge in [0, 0.05) is 42.2 Å². The van der Waals surface area contributed by atoms with Gasteiger partial charge in [-0.2, -0.15) is 4.57 Å². The van der Waals surface area contributed by atoms with Crippen molar-refractivity contribution in [2.75, 3.05) is 11.4 Å². The standard InChI is InChI=1S/C28H32N2O3/c1-17(2)23-10-8-19-14-22-26(15-25(19)30(23)11-5-6-27(31)32)33-16-21-13-20-12-18(3)7-9-24(20)29(4)28(21)22/h7,9,12-15,17,23H,5-6,8,10-11,16H2,1-4H3/p+1. The Hall–Kier alpha value is -3.08. The molecule has 0 saturated heterocycles. The Morgan fingerprint density at radius 1 is 1.21 bits per heavy atom. The predicted molar refractivity (Wildman–Crippen MR) is 131 cm³/mol. The summed E-state index contributed by atoms with van der Waals surface area (Å²) in [6, 6.07) is 13.8. The number of aryl methyl sites for hydroxylation is 3. The van der Waals surface area contributed by atoms with E-state index in [1.807, 2.05) is 0 Å². The van der Waals surface area contributed by atoms with Crippen LogP contribution in [0.25, 0.3) is 22.2 Å². The van der Waals surface area contributed by atoms with Gasteiger partial charge in [-0.25, -0.2) is 0 Å². The van der Waals surface area contributed by atoms with Crippen molar-refractivity contribution < 1.29 is 19.2 Å². The minimum Gasteiger partial charge on any atom is -0.488 e. The molecular weight excluding hydrogens is 412 g/mol. The van der Waals surface area contributed by atoms with Gasteiger partial charge >= 0.3 is 5.97 Å². The molecule has 0 radical (unpaired) electrons. The van der Waals surface area contributed by atoms with E-state index < -0.39 is 5.97 Å². The fourth-order valence-electron chi connectivity index (χ4n) is 5.71. The smallest absolute Gasteiger partial charge is 0.303 e. The van der Waals surface area contributed by atoms with Crippen molar-refractivity contribution in [3.63, 3.8) is 0 Å². The zero-order valence-electron chi connectivity index (χ0n) is 20.0. The van der Waals surface area contributed by atoms with Crippen LogP contribution in [0.1, 0.15) is 49.8 Å². The third kappa shape index (κ3) is 3.84. The molecule has 1 unspecified atom stereocenters. The summed E-state index contributed by atoms with van der Waals surface area (Å²) in [5.41, 5.74) is 8.65. The Morgan fingerprint density at radius 2 is 2.03 bits per heavy atom. The van der Waals surface area contributed by atoms with Gasteiger partial charge in [0.15, 0.2) is 0 Å². The fourth-order valence-corrected chi connectivity index (χ4v) is 5.71. The molecular formula is C28H33N2O3+. The normalized spacial score (nSPS) is 16.9. The van der Waals surface area contributed by atoms with E-state index in [1.165, 1.54) is 39.0 Å². The number of benzene rings is 2. The van der Waals surface area contributed by atoms with Gasteiger partial charge in [-0.05, 0) is 55.9 Å². The molecule has 1 N–H and O–H groups in total. The van der Waals surface area contributed by atoms with Crippen molar-refractivity contribution in [3.05, 3.63) is 53.1 Å². The number of ether oxygens (including phenoxy) is 1. The molecule has 33 heavy (non-hydrogen) atoms. The number of carbonyl (C=O) groups is 1. The van der Waals surface area contributed by atoms with E-state index in [9.17, 15) is 4.79 Å². The first-order chi connectivity index (χ1) is 15.8. The van der Waals surface area contributed by atoms with Crippen LogP contribution in [0.3, 0.4) is 0 Å². The second-order valence-corrected chi connectivity index (χ2v) is 9.95. The summed E-state index contributed by atoms with van der Waals surface area (Å²) in [5.74, 6) is 0.706. The number of aliphatic carboxylic acids is 1. The van der Waals surface area contributed by atoms with Gasteiger partial charge in [0.1, 0.15) is 19.4 Å². The largest absolute Gasteiger partial charge is 0.488 e. The van der Waals surface area contributed by atoms with Crippen LogP contribution < -0.4 is 14.2 Å². The lowest BCUT2D eigenvalue weighted by atomic mass is 9.87. The van der Waals surface area contributed by atoms with Gasteiger partial charge in [0.2, 0.25) is 11.2 Å². The second-order valence-electron chi connectivity index (χ2n) is 9.95. The maximum atomic E-state index is 11.1. The number of carboxylic acid groups (broad SMARTS) is 1. The molecule has 0 amide bonds. The molecule has 0 spiro atoms. The minimum absolute atomic E-state index is 0.202. The first-order valence-electron chi connectivity index (χ1n) is 12.0.